The van der Waals surface area contributed by atoms with Crippen LogP contribution < -0.4 is 9.47 Å². The summed E-state index contributed by atoms with van der Waals surface area (Å²) in [6, 6.07) is 12.4. The van der Waals surface area contributed by atoms with Crippen LogP contribution in [-0.4, -0.2) is 28.7 Å². The first-order valence-electron chi connectivity index (χ1n) is 9.17. The summed E-state index contributed by atoms with van der Waals surface area (Å²) >= 11 is 0. The minimum absolute atomic E-state index is 0.0657. The first-order chi connectivity index (χ1) is 13.0. The van der Waals surface area contributed by atoms with Gasteiger partial charge >= 0.3 is 0 Å². The van der Waals surface area contributed by atoms with Gasteiger partial charge in [0.2, 0.25) is 0 Å². The summed E-state index contributed by atoms with van der Waals surface area (Å²) in [7, 11) is -0.629. The lowest BCUT2D eigenvalue weighted by Crippen LogP contribution is -2.29. The second kappa shape index (κ2) is 8.31. The van der Waals surface area contributed by atoms with Gasteiger partial charge < -0.3 is 9.47 Å². The molecule has 1 aliphatic rings. The molecule has 6 heteroatoms. The van der Waals surface area contributed by atoms with Crippen LogP contribution in [0.2, 0.25) is 0 Å². The fraction of sp³-hybridized carbons (Fsp3) is 0.429. The summed E-state index contributed by atoms with van der Waals surface area (Å²) in [4.78, 5) is 0.190. The topological polar surface area (TPSA) is 61.8 Å². The molecule has 5 nitrogen and oxygen atoms in total. The molecule has 2 atom stereocenters. The molecule has 0 heterocycles. The van der Waals surface area contributed by atoms with Gasteiger partial charge in [-0.05, 0) is 38.0 Å². The summed E-state index contributed by atoms with van der Waals surface area (Å²) in [5.41, 5.74) is 1.94. The molecule has 146 valence electrons. The molecule has 3 rings (SSSR count). The maximum absolute atomic E-state index is 12.8. The Morgan fingerprint density at radius 1 is 0.926 bits per heavy atom. The Kier molecular flexibility index (Phi) is 6.07. The number of aryl methyl sites for hydroxylation is 1. The second-order valence-corrected chi connectivity index (χ2v) is 8.45. The van der Waals surface area contributed by atoms with Crippen molar-refractivity contribution in [2.75, 3.05) is 14.2 Å². The normalized spacial score (nSPS) is 20.3. The number of methoxy groups -OCH3 is 2. The summed E-state index contributed by atoms with van der Waals surface area (Å²) in [6.07, 6.45) is 3.08. The lowest BCUT2D eigenvalue weighted by molar-refractivity contribution is 0.135. The molecule has 0 aromatic heterocycles. The van der Waals surface area contributed by atoms with Crippen LogP contribution in [-0.2, 0) is 14.3 Å². The number of hydrogen-bond acceptors (Lipinski definition) is 5. The Balaban J connectivity index is 1.91. The largest absolute Gasteiger partial charge is 0.493 e. The molecule has 0 bridgehead atoms. The van der Waals surface area contributed by atoms with Gasteiger partial charge in [-0.15, -0.1) is 0 Å². The van der Waals surface area contributed by atoms with Crippen LogP contribution in [0.3, 0.4) is 0 Å². The quantitative estimate of drug-likeness (QED) is 0.682. The van der Waals surface area contributed by atoms with Crippen LogP contribution in [0, 0.1) is 6.92 Å². The number of para-hydroxylation sites is 1. The van der Waals surface area contributed by atoms with Crippen molar-refractivity contribution in [1.29, 1.82) is 0 Å². The third kappa shape index (κ3) is 4.28. The van der Waals surface area contributed by atoms with Crippen LogP contribution in [0.4, 0.5) is 0 Å². The Morgan fingerprint density at radius 2 is 1.63 bits per heavy atom. The van der Waals surface area contributed by atoms with E-state index in [1.807, 2.05) is 25.1 Å². The van der Waals surface area contributed by atoms with Crippen molar-refractivity contribution in [3.8, 4) is 11.5 Å². The molecule has 0 amide bonds. The predicted octanol–water partition coefficient (Wildman–Crippen LogP) is 4.44. The highest BCUT2D eigenvalue weighted by molar-refractivity contribution is 7.86. The molecule has 0 radical (unpaired) electrons. The summed E-state index contributed by atoms with van der Waals surface area (Å²) in [6.45, 7) is 1.92. The monoisotopic (exact) mass is 390 g/mol. The van der Waals surface area contributed by atoms with Crippen LogP contribution >= 0.6 is 0 Å². The van der Waals surface area contributed by atoms with Crippen molar-refractivity contribution in [3.05, 3.63) is 53.6 Å². The van der Waals surface area contributed by atoms with E-state index in [1.165, 1.54) is 0 Å². The molecule has 2 aromatic carbocycles. The highest BCUT2D eigenvalue weighted by atomic mass is 32.2. The van der Waals surface area contributed by atoms with E-state index in [0.717, 1.165) is 30.4 Å². The molecule has 0 N–H and O–H groups in total. The van der Waals surface area contributed by atoms with E-state index in [4.69, 9.17) is 13.7 Å². The minimum Gasteiger partial charge on any atom is -0.493 e. The van der Waals surface area contributed by atoms with Crippen LogP contribution in [0.25, 0.3) is 0 Å². The van der Waals surface area contributed by atoms with Gasteiger partial charge in [-0.25, -0.2) is 0 Å². The van der Waals surface area contributed by atoms with E-state index < -0.39 is 16.2 Å². The summed E-state index contributed by atoms with van der Waals surface area (Å²) in [5.74, 6) is 1.22. The Hall–Kier alpha value is -2.05. The van der Waals surface area contributed by atoms with Gasteiger partial charge in [-0.1, -0.05) is 42.7 Å². The fourth-order valence-electron chi connectivity index (χ4n) is 3.69. The molecule has 1 aliphatic carbocycles. The van der Waals surface area contributed by atoms with Crippen molar-refractivity contribution in [1.82, 2.24) is 0 Å². The molecular formula is C21H26O5S. The van der Waals surface area contributed by atoms with Gasteiger partial charge in [0.25, 0.3) is 10.1 Å². The van der Waals surface area contributed by atoms with Gasteiger partial charge in [0.05, 0.1) is 25.2 Å². The molecule has 1 saturated carbocycles. The van der Waals surface area contributed by atoms with E-state index in [1.54, 1.807) is 38.5 Å². The number of hydrogen-bond donors (Lipinski definition) is 0. The summed E-state index contributed by atoms with van der Waals surface area (Å²) in [5, 5.41) is 0. The lowest BCUT2D eigenvalue weighted by Gasteiger charge is -2.32. The lowest BCUT2D eigenvalue weighted by atomic mass is 9.81. The SMILES string of the molecule is COc1cccc([C@H]2CCCC[C@H]2OS(=O)(=O)c2ccc(C)cc2)c1OC. The van der Waals surface area contributed by atoms with Crippen molar-refractivity contribution in [3.63, 3.8) is 0 Å². The van der Waals surface area contributed by atoms with Gasteiger partial charge in [0, 0.05) is 11.5 Å². The molecular weight excluding hydrogens is 364 g/mol. The highest BCUT2D eigenvalue weighted by Gasteiger charge is 2.34. The van der Waals surface area contributed by atoms with Crippen molar-refractivity contribution >= 4 is 10.1 Å². The zero-order valence-electron chi connectivity index (χ0n) is 16.0. The van der Waals surface area contributed by atoms with Gasteiger partial charge in [0.1, 0.15) is 0 Å². The van der Waals surface area contributed by atoms with E-state index in [0.29, 0.717) is 17.9 Å². The second-order valence-electron chi connectivity index (χ2n) is 6.88. The predicted molar refractivity (Wildman–Crippen MR) is 104 cm³/mol. The third-order valence-corrected chi connectivity index (χ3v) is 6.45. The molecule has 1 fully saturated rings. The zero-order chi connectivity index (χ0) is 19.4. The van der Waals surface area contributed by atoms with E-state index in [2.05, 4.69) is 0 Å². The molecule has 0 saturated heterocycles. The van der Waals surface area contributed by atoms with Crippen LogP contribution in [0.5, 0.6) is 11.5 Å². The molecule has 27 heavy (non-hydrogen) atoms. The molecule has 2 aromatic rings. The van der Waals surface area contributed by atoms with E-state index in [9.17, 15) is 8.42 Å². The van der Waals surface area contributed by atoms with Gasteiger partial charge in [-0.2, -0.15) is 8.42 Å². The fourth-order valence-corrected chi connectivity index (χ4v) is 4.83. The first kappa shape index (κ1) is 19.7. The van der Waals surface area contributed by atoms with Crippen LogP contribution in [0.15, 0.2) is 47.4 Å². The average Bonchev–Trinajstić information content (AvgIpc) is 2.67. The Labute approximate surface area is 161 Å². The average molecular weight is 391 g/mol. The Morgan fingerprint density at radius 3 is 2.30 bits per heavy atom. The van der Waals surface area contributed by atoms with Crippen molar-refractivity contribution < 1.29 is 22.1 Å². The first-order valence-corrected chi connectivity index (χ1v) is 10.6. The molecule has 0 spiro atoms. The summed E-state index contributed by atoms with van der Waals surface area (Å²) < 4.78 is 42.3. The maximum Gasteiger partial charge on any atom is 0.297 e. The third-order valence-electron chi connectivity index (χ3n) is 5.10. The number of ether oxygens (including phenoxy) is 2. The standard InChI is InChI=1S/C21H26O5S/c1-15-11-13-16(14-12-15)27(22,23)26-19-9-5-4-7-17(19)18-8-6-10-20(24-2)21(18)25-3/h6,8,10-14,17,19H,4-5,7,9H2,1-3H3/t17-,19-/m1/s1. The number of benzene rings is 2. The van der Waals surface area contributed by atoms with E-state index >= 15 is 0 Å². The Bertz CT molecular complexity index is 874. The maximum atomic E-state index is 12.8. The van der Waals surface area contributed by atoms with Crippen molar-refractivity contribution in [2.45, 2.75) is 49.5 Å². The zero-order valence-corrected chi connectivity index (χ0v) is 16.8. The minimum atomic E-state index is -3.82. The van der Waals surface area contributed by atoms with Crippen molar-refractivity contribution in [2.24, 2.45) is 0 Å². The molecule has 0 aliphatic heterocycles. The highest BCUT2D eigenvalue weighted by Crippen LogP contribution is 2.43. The van der Waals surface area contributed by atoms with Crippen LogP contribution in [0.1, 0.15) is 42.7 Å². The molecule has 0 unspecified atom stereocenters. The number of rotatable bonds is 6. The smallest absolute Gasteiger partial charge is 0.297 e. The van der Waals surface area contributed by atoms with E-state index in [-0.39, 0.29) is 10.8 Å². The van der Waals surface area contributed by atoms with Gasteiger partial charge in [0.15, 0.2) is 11.5 Å². The van der Waals surface area contributed by atoms with Gasteiger partial charge in [-0.3, -0.25) is 4.18 Å².